The molecule has 0 saturated carbocycles. The molecular weight excluding hydrogens is 218 g/mol. The molecule has 1 unspecified atom stereocenters. The summed E-state index contributed by atoms with van der Waals surface area (Å²) in [4.78, 5) is 15.9. The molecule has 0 aromatic carbocycles. The van der Waals surface area contributed by atoms with Gasteiger partial charge in [-0.1, -0.05) is 0 Å². The second-order valence-corrected chi connectivity index (χ2v) is 3.90. The molecule has 0 radical (unpaired) electrons. The third-order valence-corrected chi connectivity index (χ3v) is 2.42. The topological polar surface area (TPSA) is 77.2 Å². The lowest BCUT2D eigenvalue weighted by Crippen LogP contribution is -2.33. The Morgan fingerprint density at radius 1 is 1.65 bits per heavy atom. The Balaban J connectivity index is 2.56. The minimum absolute atomic E-state index is 0.0805. The van der Waals surface area contributed by atoms with E-state index in [0.29, 0.717) is 24.4 Å². The van der Waals surface area contributed by atoms with Crippen LogP contribution in [0.4, 0.5) is 0 Å². The standard InChI is InChI=1S/C12H19N3O2/c1-9(4-6-17-2)15-12(16)10-3-5-14-11(7-10)8-13/h3,5,7,9H,4,6,8,13H2,1-2H3,(H,15,16). The summed E-state index contributed by atoms with van der Waals surface area (Å²) in [7, 11) is 1.64. The van der Waals surface area contributed by atoms with Gasteiger partial charge < -0.3 is 15.8 Å². The summed E-state index contributed by atoms with van der Waals surface area (Å²) in [5, 5.41) is 2.89. The average Bonchev–Trinajstić information content (AvgIpc) is 2.36. The molecule has 1 aromatic heterocycles. The number of nitrogens with two attached hydrogens (primary N) is 1. The Labute approximate surface area is 101 Å². The van der Waals surface area contributed by atoms with Crippen LogP contribution in [0.2, 0.25) is 0 Å². The highest BCUT2D eigenvalue weighted by Crippen LogP contribution is 2.02. The zero-order valence-corrected chi connectivity index (χ0v) is 10.3. The Hall–Kier alpha value is -1.46. The van der Waals surface area contributed by atoms with E-state index in [1.54, 1.807) is 25.4 Å². The van der Waals surface area contributed by atoms with Crippen molar-refractivity contribution in [2.75, 3.05) is 13.7 Å². The predicted molar refractivity (Wildman–Crippen MR) is 65.5 cm³/mol. The second-order valence-electron chi connectivity index (χ2n) is 3.90. The predicted octanol–water partition coefficient (Wildman–Crippen LogP) is 0.695. The minimum atomic E-state index is -0.106. The van der Waals surface area contributed by atoms with Gasteiger partial charge in [0.05, 0.1) is 5.69 Å². The fraction of sp³-hybridized carbons (Fsp3) is 0.500. The molecule has 5 nitrogen and oxygen atoms in total. The van der Waals surface area contributed by atoms with Crippen molar-refractivity contribution in [1.82, 2.24) is 10.3 Å². The van der Waals surface area contributed by atoms with E-state index < -0.39 is 0 Å². The zero-order chi connectivity index (χ0) is 12.7. The molecule has 1 atom stereocenters. The quantitative estimate of drug-likeness (QED) is 0.763. The summed E-state index contributed by atoms with van der Waals surface area (Å²) >= 11 is 0. The molecule has 0 bridgehead atoms. The summed E-state index contributed by atoms with van der Waals surface area (Å²) in [6.45, 7) is 2.91. The van der Waals surface area contributed by atoms with Crippen LogP contribution < -0.4 is 11.1 Å². The number of rotatable bonds is 6. The first-order valence-corrected chi connectivity index (χ1v) is 5.62. The van der Waals surface area contributed by atoms with E-state index in [9.17, 15) is 4.79 Å². The molecule has 5 heteroatoms. The maximum atomic E-state index is 11.9. The first-order chi connectivity index (χ1) is 8.17. The van der Waals surface area contributed by atoms with Crippen LogP contribution in [0.3, 0.4) is 0 Å². The second kappa shape index (κ2) is 6.98. The third kappa shape index (κ3) is 4.50. The van der Waals surface area contributed by atoms with Gasteiger partial charge in [0.25, 0.3) is 5.91 Å². The smallest absolute Gasteiger partial charge is 0.251 e. The number of hydrogen-bond donors (Lipinski definition) is 2. The number of hydrogen-bond acceptors (Lipinski definition) is 4. The van der Waals surface area contributed by atoms with Crippen LogP contribution in [0.15, 0.2) is 18.3 Å². The van der Waals surface area contributed by atoms with Gasteiger partial charge in [-0.25, -0.2) is 0 Å². The number of pyridine rings is 1. The van der Waals surface area contributed by atoms with E-state index in [2.05, 4.69) is 10.3 Å². The molecule has 1 amide bonds. The number of ether oxygens (including phenoxy) is 1. The molecule has 1 aromatic rings. The lowest BCUT2D eigenvalue weighted by molar-refractivity contribution is 0.0929. The van der Waals surface area contributed by atoms with Gasteiger partial charge in [-0.15, -0.1) is 0 Å². The lowest BCUT2D eigenvalue weighted by Gasteiger charge is -2.13. The Morgan fingerprint density at radius 2 is 2.41 bits per heavy atom. The van der Waals surface area contributed by atoms with Gasteiger partial charge >= 0.3 is 0 Å². The largest absolute Gasteiger partial charge is 0.385 e. The monoisotopic (exact) mass is 237 g/mol. The van der Waals surface area contributed by atoms with Crippen molar-refractivity contribution < 1.29 is 9.53 Å². The van der Waals surface area contributed by atoms with Crippen LogP contribution in [0.5, 0.6) is 0 Å². The molecule has 0 spiro atoms. The molecule has 0 fully saturated rings. The summed E-state index contributed by atoms with van der Waals surface area (Å²) in [6, 6.07) is 3.47. The van der Waals surface area contributed by atoms with Gasteiger partial charge in [-0.05, 0) is 25.5 Å². The van der Waals surface area contributed by atoms with E-state index in [0.717, 1.165) is 6.42 Å². The Morgan fingerprint density at radius 3 is 3.06 bits per heavy atom. The number of amides is 1. The van der Waals surface area contributed by atoms with Crippen LogP contribution >= 0.6 is 0 Å². The highest BCUT2D eigenvalue weighted by molar-refractivity contribution is 5.94. The first kappa shape index (κ1) is 13.6. The number of aromatic nitrogens is 1. The molecule has 1 heterocycles. The van der Waals surface area contributed by atoms with Gasteiger partial charge in [0.2, 0.25) is 0 Å². The van der Waals surface area contributed by atoms with Gasteiger partial charge in [-0.2, -0.15) is 0 Å². The van der Waals surface area contributed by atoms with Crippen molar-refractivity contribution in [1.29, 1.82) is 0 Å². The average molecular weight is 237 g/mol. The number of nitrogens with zero attached hydrogens (tertiary/aromatic N) is 1. The molecule has 94 valence electrons. The van der Waals surface area contributed by atoms with Crippen molar-refractivity contribution in [2.24, 2.45) is 5.73 Å². The number of carbonyl (C=O) groups is 1. The van der Waals surface area contributed by atoms with Crippen molar-refractivity contribution in [2.45, 2.75) is 25.9 Å². The van der Waals surface area contributed by atoms with Crippen LogP contribution in [0.1, 0.15) is 29.4 Å². The molecule has 0 aliphatic heterocycles. The minimum Gasteiger partial charge on any atom is -0.385 e. The van der Waals surface area contributed by atoms with Crippen LogP contribution in [0, 0.1) is 0 Å². The SMILES string of the molecule is COCCC(C)NC(=O)c1ccnc(CN)c1. The Kier molecular flexibility index (Phi) is 5.59. The lowest BCUT2D eigenvalue weighted by atomic mass is 10.2. The highest BCUT2D eigenvalue weighted by atomic mass is 16.5. The highest BCUT2D eigenvalue weighted by Gasteiger charge is 2.10. The summed E-state index contributed by atoms with van der Waals surface area (Å²) < 4.78 is 4.96. The summed E-state index contributed by atoms with van der Waals surface area (Å²) in [5.41, 5.74) is 6.77. The van der Waals surface area contributed by atoms with Crippen molar-refractivity contribution in [3.63, 3.8) is 0 Å². The van der Waals surface area contributed by atoms with Crippen LogP contribution in [-0.2, 0) is 11.3 Å². The van der Waals surface area contributed by atoms with Crippen LogP contribution in [-0.4, -0.2) is 30.6 Å². The number of carbonyl (C=O) groups excluding carboxylic acids is 1. The maximum absolute atomic E-state index is 11.9. The normalized spacial score (nSPS) is 12.2. The molecule has 0 aliphatic rings. The van der Waals surface area contributed by atoms with Crippen LogP contribution in [0.25, 0.3) is 0 Å². The van der Waals surface area contributed by atoms with Crippen molar-refractivity contribution >= 4 is 5.91 Å². The fourth-order valence-electron chi connectivity index (χ4n) is 1.40. The number of methoxy groups -OCH3 is 1. The molecule has 0 saturated heterocycles. The third-order valence-electron chi connectivity index (χ3n) is 2.42. The van der Waals surface area contributed by atoms with E-state index in [-0.39, 0.29) is 11.9 Å². The molecule has 0 aliphatic carbocycles. The van der Waals surface area contributed by atoms with Gasteiger partial charge in [-0.3, -0.25) is 9.78 Å². The van der Waals surface area contributed by atoms with E-state index in [1.807, 2.05) is 6.92 Å². The van der Waals surface area contributed by atoms with Gasteiger partial charge in [0.15, 0.2) is 0 Å². The van der Waals surface area contributed by atoms with Gasteiger partial charge in [0.1, 0.15) is 0 Å². The van der Waals surface area contributed by atoms with Crippen molar-refractivity contribution in [3.8, 4) is 0 Å². The van der Waals surface area contributed by atoms with Gasteiger partial charge in [0, 0.05) is 38.1 Å². The van der Waals surface area contributed by atoms with E-state index in [1.165, 1.54) is 0 Å². The maximum Gasteiger partial charge on any atom is 0.251 e. The molecule has 3 N–H and O–H groups in total. The van der Waals surface area contributed by atoms with E-state index in [4.69, 9.17) is 10.5 Å². The Bertz CT molecular complexity index is 369. The zero-order valence-electron chi connectivity index (χ0n) is 10.3. The molecular formula is C12H19N3O2. The first-order valence-electron chi connectivity index (χ1n) is 5.62. The number of nitrogens with one attached hydrogen (secondary N) is 1. The summed E-state index contributed by atoms with van der Waals surface area (Å²) in [6.07, 6.45) is 2.38. The van der Waals surface area contributed by atoms with E-state index >= 15 is 0 Å². The fourth-order valence-corrected chi connectivity index (χ4v) is 1.40. The molecule has 17 heavy (non-hydrogen) atoms. The molecule has 1 rings (SSSR count). The van der Waals surface area contributed by atoms with Crippen molar-refractivity contribution in [3.05, 3.63) is 29.6 Å². The summed E-state index contributed by atoms with van der Waals surface area (Å²) in [5.74, 6) is -0.106.